The van der Waals surface area contributed by atoms with Crippen molar-refractivity contribution in [3.8, 4) is 0 Å². The van der Waals surface area contributed by atoms with Crippen molar-refractivity contribution in [3.05, 3.63) is 22.4 Å². The second kappa shape index (κ2) is 5.01. The maximum Gasteiger partial charge on any atom is 0.139 e. The molecule has 0 aliphatic heterocycles. The molecule has 0 spiro atoms. The summed E-state index contributed by atoms with van der Waals surface area (Å²) in [5.41, 5.74) is 6.54. The molecule has 16 heavy (non-hydrogen) atoms. The zero-order chi connectivity index (χ0) is 12.3. The lowest BCUT2D eigenvalue weighted by atomic mass is 10.1. The molecule has 0 aliphatic carbocycles. The van der Waals surface area contributed by atoms with Crippen LogP contribution in [-0.2, 0) is 4.74 Å². The predicted octanol–water partition coefficient (Wildman–Crippen LogP) is 3.01. The Morgan fingerprint density at radius 2 is 2.12 bits per heavy atom. The van der Waals surface area contributed by atoms with Crippen LogP contribution in [0.1, 0.15) is 13.8 Å². The average molecular weight is 291 g/mol. The van der Waals surface area contributed by atoms with Crippen LogP contribution in [0.15, 0.2) is 16.6 Å². The number of rotatable bonds is 4. The molecule has 1 rings (SSSR count). The van der Waals surface area contributed by atoms with E-state index < -0.39 is 0 Å². The van der Waals surface area contributed by atoms with Gasteiger partial charge in [0.2, 0.25) is 0 Å². The first-order valence-electron chi connectivity index (χ1n) is 4.87. The van der Waals surface area contributed by atoms with Gasteiger partial charge in [-0.2, -0.15) is 0 Å². The Morgan fingerprint density at radius 3 is 2.69 bits per heavy atom. The first-order chi connectivity index (χ1) is 7.35. The molecule has 0 bridgehead atoms. The number of nitrogen functional groups attached to an aromatic ring is 1. The molecule has 0 saturated heterocycles. The predicted molar refractivity (Wildman–Crippen MR) is 68.1 cm³/mol. The molecule has 0 saturated carbocycles. The van der Waals surface area contributed by atoms with Crippen molar-refractivity contribution < 1.29 is 9.13 Å². The van der Waals surface area contributed by atoms with Gasteiger partial charge in [-0.15, -0.1) is 0 Å². The lowest BCUT2D eigenvalue weighted by molar-refractivity contribution is 0.158. The number of benzene rings is 1. The highest BCUT2D eigenvalue weighted by atomic mass is 79.9. The average Bonchev–Trinajstić information content (AvgIpc) is 2.13. The van der Waals surface area contributed by atoms with E-state index in [1.54, 1.807) is 13.2 Å². The van der Waals surface area contributed by atoms with Gasteiger partial charge in [-0.1, -0.05) is 0 Å². The van der Waals surface area contributed by atoms with Crippen LogP contribution < -0.4 is 11.1 Å². The topological polar surface area (TPSA) is 47.3 Å². The fourth-order valence-corrected chi connectivity index (χ4v) is 1.78. The molecule has 0 aliphatic rings. The van der Waals surface area contributed by atoms with Gasteiger partial charge in [-0.05, 0) is 35.8 Å². The summed E-state index contributed by atoms with van der Waals surface area (Å²) in [6.45, 7) is 4.49. The maximum atomic E-state index is 13.2. The van der Waals surface area contributed by atoms with Gasteiger partial charge in [0.25, 0.3) is 0 Å². The molecule has 90 valence electrons. The minimum absolute atomic E-state index is 0.264. The molecule has 1 aromatic carbocycles. The summed E-state index contributed by atoms with van der Waals surface area (Å²) in [5, 5.41) is 3.21. The minimum atomic E-state index is -0.368. The van der Waals surface area contributed by atoms with E-state index in [0.717, 1.165) is 0 Å². The zero-order valence-corrected chi connectivity index (χ0v) is 11.2. The van der Waals surface area contributed by atoms with E-state index in [9.17, 15) is 4.39 Å². The van der Waals surface area contributed by atoms with Crippen LogP contribution in [0.2, 0.25) is 0 Å². The van der Waals surface area contributed by atoms with Crippen LogP contribution in [0.25, 0.3) is 0 Å². The summed E-state index contributed by atoms with van der Waals surface area (Å²) in [5.74, 6) is -0.368. The normalized spacial score (nSPS) is 11.6. The third kappa shape index (κ3) is 3.35. The van der Waals surface area contributed by atoms with Crippen LogP contribution >= 0.6 is 15.9 Å². The molecule has 1 aromatic rings. The summed E-state index contributed by atoms with van der Waals surface area (Å²) in [6.07, 6.45) is 0. The van der Waals surface area contributed by atoms with Crippen LogP contribution in [0.5, 0.6) is 0 Å². The smallest absolute Gasteiger partial charge is 0.139 e. The fourth-order valence-electron chi connectivity index (χ4n) is 1.43. The van der Waals surface area contributed by atoms with Crippen molar-refractivity contribution in [3.63, 3.8) is 0 Å². The number of hydrogen-bond acceptors (Lipinski definition) is 3. The molecule has 3 nitrogen and oxygen atoms in total. The van der Waals surface area contributed by atoms with Gasteiger partial charge >= 0.3 is 0 Å². The molecule has 3 N–H and O–H groups in total. The van der Waals surface area contributed by atoms with Crippen LogP contribution in [0, 0.1) is 5.82 Å². The molecule has 0 heterocycles. The van der Waals surface area contributed by atoms with Gasteiger partial charge < -0.3 is 15.8 Å². The van der Waals surface area contributed by atoms with Crippen LogP contribution in [0.4, 0.5) is 15.8 Å². The second-order valence-electron chi connectivity index (χ2n) is 4.30. The Hall–Kier alpha value is -0.810. The molecule has 5 heteroatoms. The molecule has 0 radical (unpaired) electrons. The standard InChI is InChI=1S/C11H16BrFN2O/c1-11(2,6-16-3)15-10-4-7(12)8(13)5-9(10)14/h4-5,15H,6,14H2,1-3H3. The first kappa shape index (κ1) is 13.3. The Kier molecular flexibility index (Phi) is 4.15. The van der Waals surface area contributed by atoms with Gasteiger partial charge in [0.05, 0.1) is 28.0 Å². The summed E-state index contributed by atoms with van der Waals surface area (Å²) in [7, 11) is 1.63. The summed E-state index contributed by atoms with van der Waals surface area (Å²) in [4.78, 5) is 0. The number of hydrogen-bond donors (Lipinski definition) is 2. The largest absolute Gasteiger partial charge is 0.397 e. The number of anilines is 2. The summed E-state index contributed by atoms with van der Waals surface area (Å²) < 4.78 is 18.6. The van der Waals surface area contributed by atoms with Crippen molar-refractivity contribution in [2.45, 2.75) is 19.4 Å². The monoisotopic (exact) mass is 290 g/mol. The summed E-state index contributed by atoms with van der Waals surface area (Å²) in [6, 6.07) is 2.91. The fraction of sp³-hybridized carbons (Fsp3) is 0.455. The Labute approximate surface area is 103 Å². The number of ether oxygens (including phenoxy) is 1. The first-order valence-corrected chi connectivity index (χ1v) is 5.66. The molecule has 0 unspecified atom stereocenters. The Bertz CT molecular complexity index is 382. The number of methoxy groups -OCH3 is 1. The third-order valence-electron chi connectivity index (χ3n) is 2.07. The quantitative estimate of drug-likeness (QED) is 0.838. The van der Waals surface area contributed by atoms with Crippen molar-refractivity contribution in [2.24, 2.45) is 0 Å². The van der Waals surface area contributed by atoms with Gasteiger partial charge in [-0.3, -0.25) is 0 Å². The highest BCUT2D eigenvalue weighted by Gasteiger charge is 2.18. The number of nitrogens with two attached hydrogens (primary N) is 1. The summed E-state index contributed by atoms with van der Waals surface area (Å²) >= 11 is 3.12. The molecular formula is C11H16BrFN2O. The van der Waals surface area contributed by atoms with E-state index in [-0.39, 0.29) is 11.4 Å². The SMILES string of the molecule is COCC(C)(C)Nc1cc(Br)c(F)cc1N. The molecule has 0 atom stereocenters. The molecule has 0 amide bonds. The van der Waals surface area contributed by atoms with E-state index >= 15 is 0 Å². The molecule has 0 fully saturated rings. The van der Waals surface area contributed by atoms with Crippen LogP contribution in [-0.4, -0.2) is 19.3 Å². The van der Waals surface area contributed by atoms with Crippen LogP contribution in [0.3, 0.4) is 0 Å². The Morgan fingerprint density at radius 1 is 1.50 bits per heavy atom. The van der Waals surface area contributed by atoms with Crippen molar-refractivity contribution >= 4 is 27.3 Å². The molecular weight excluding hydrogens is 275 g/mol. The van der Waals surface area contributed by atoms with Gasteiger partial charge in [0.15, 0.2) is 0 Å². The zero-order valence-electron chi connectivity index (χ0n) is 9.60. The van der Waals surface area contributed by atoms with Gasteiger partial charge in [0.1, 0.15) is 5.82 Å². The third-order valence-corrected chi connectivity index (χ3v) is 2.68. The van der Waals surface area contributed by atoms with Crippen molar-refractivity contribution in [2.75, 3.05) is 24.8 Å². The minimum Gasteiger partial charge on any atom is -0.397 e. The number of halogens is 2. The molecule has 0 aromatic heterocycles. The lowest BCUT2D eigenvalue weighted by Gasteiger charge is -2.27. The van der Waals surface area contributed by atoms with E-state index in [2.05, 4.69) is 21.2 Å². The van der Waals surface area contributed by atoms with E-state index in [1.165, 1.54) is 6.07 Å². The van der Waals surface area contributed by atoms with E-state index in [4.69, 9.17) is 10.5 Å². The highest BCUT2D eigenvalue weighted by Crippen LogP contribution is 2.28. The Balaban J connectivity index is 2.93. The maximum absolute atomic E-state index is 13.2. The van der Waals surface area contributed by atoms with E-state index in [0.29, 0.717) is 22.5 Å². The van der Waals surface area contributed by atoms with Gasteiger partial charge in [-0.25, -0.2) is 4.39 Å². The van der Waals surface area contributed by atoms with Crippen molar-refractivity contribution in [1.82, 2.24) is 0 Å². The highest BCUT2D eigenvalue weighted by molar-refractivity contribution is 9.10. The number of nitrogens with one attached hydrogen (secondary N) is 1. The second-order valence-corrected chi connectivity index (χ2v) is 5.15. The lowest BCUT2D eigenvalue weighted by Crippen LogP contribution is -2.36. The van der Waals surface area contributed by atoms with Gasteiger partial charge in [0, 0.05) is 13.2 Å². The van der Waals surface area contributed by atoms with Crippen molar-refractivity contribution in [1.29, 1.82) is 0 Å². The van der Waals surface area contributed by atoms with E-state index in [1.807, 2.05) is 13.8 Å².